The lowest BCUT2D eigenvalue weighted by Gasteiger charge is -2.31. The predicted octanol–water partition coefficient (Wildman–Crippen LogP) is 2.28. The fourth-order valence-electron chi connectivity index (χ4n) is 2.32. The number of ether oxygens (including phenoxy) is 2. The van der Waals surface area contributed by atoms with E-state index in [1.165, 1.54) is 0 Å². The molecule has 0 unspecified atom stereocenters. The molecule has 3 rings (SSSR count). The lowest BCUT2D eigenvalue weighted by molar-refractivity contribution is 0.0528. The summed E-state index contributed by atoms with van der Waals surface area (Å²) in [5.74, 6) is 1.39. The molecule has 0 radical (unpaired) electrons. The van der Waals surface area contributed by atoms with E-state index in [9.17, 15) is 0 Å². The molecule has 0 amide bonds. The molecule has 0 spiro atoms. The van der Waals surface area contributed by atoms with Crippen LogP contribution in [0.5, 0.6) is 5.88 Å². The Kier molecular flexibility index (Phi) is 4.31. The fraction of sp³-hybridized carbons (Fsp3) is 0.375. The average molecular weight is 285 g/mol. The molecule has 1 saturated heterocycles. The number of hydrogen-bond acceptors (Lipinski definition) is 5. The van der Waals surface area contributed by atoms with Gasteiger partial charge in [0.1, 0.15) is 6.61 Å². The Balaban J connectivity index is 1.65. The van der Waals surface area contributed by atoms with Crippen LogP contribution in [0, 0.1) is 0 Å². The van der Waals surface area contributed by atoms with Gasteiger partial charge < -0.3 is 14.4 Å². The molecule has 2 aromatic rings. The van der Waals surface area contributed by atoms with Crippen LogP contribution < -0.4 is 9.64 Å². The molecule has 1 aromatic heterocycles. The molecule has 21 heavy (non-hydrogen) atoms. The van der Waals surface area contributed by atoms with Crippen LogP contribution in [0.15, 0.2) is 42.7 Å². The van der Waals surface area contributed by atoms with E-state index in [2.05, 4.69) is 21.8 Å². The summed E-state index contributed by atoms with van der Waals surface area (Å²) in [5.41, 5.74) is 1.12. The second-order valence-electron chi connectivity index (χ2n) is 5.12. The maximum absolute atomic E-state index is 5.72. The van der Waals surface area contributed by atoms with Crippen molar-refractivity contribution < 1.29 is 9.47 Å². The fourth-order valence-corrected chi connectivity index (χ4v) is 2.32. The monoisotopic (exact) mass is 285 g/mol. The maximum atomic E-state index is 5.72. The summed E-state index contributed by atoms with van der Waals surface area (Å²) >= 11 is 0. The van der Waals surface area contributed by atoms with Gasteiger partial charge in [0.2, 0.25) is 5.88 Å². The number of hydrogen-bond donors (Lipinski definition) is 0. The number of nitrogens with zero attached hydrogens (tertiary/aromatic N) is 3. The first-order valence-electron chi connectivity index (χ1n) is 7.16. The van der Waals surface area contributed by atoms with Crippen LogP contribution in [-0.4, -0.2) is 35.8 Å². The Bertz CT molecular complexity index is 577. The minimum atomic E-state index is 0.217. The molecule has 1 aliphatic rings. The van der Waals surface area contributed by atoms with E-state index in [-0.39, 0.29) is 6.10 Å². The minimum absolute atomic E-state index is 0.217. The second kappa shape index (κ2) is 6.54. The highest BCUT2D eigenvalue weighted by Gasteiger charge is 2.18. The molecule has 1 fully saturated rings. The first-order valence-corrected chi connectivity index (χ1v) is 7.16. The number of morpholine rings is 1. The third kappa shape index (κ3) is 3.70. The van der Waals surface area contributed by atoms with Gasteiger partial charge >= 0.3 is 0 Å². The summed E-state index contributed by atoms with van der Waals surface area (Å²) in [6.07, 6.45) is 3.64. The largest absolute Gasteiger partial charge is 0.472 e. The summed E-state index contributed by atoms with van der Waals surface area (Å²) in [7, 11) is 0. The van der Waals surface area contributed by atoms with Crippen molar-refractivity contribution in [2.24, 2.45) is 0 Å². The molecule has 0 N–H and O–H groups in total. The first-order chi connectivity index (χ1) is 10.3. The SMILES string of the molecule is C[C@@H]1CN(c2cncc(OCc3ccccc3)n2)CCO1. The maximum Gasteiger partial charge on any atom is 0.234 e. The van der Waals surface area contributed by atoms with Crippen molar-refractivity contribution in [1.82, 2.24) is 9.97 Å². The van der Waals surface area contributed by atoms with Crippen LogP contribution >= 0.6 is 0 Å². The molecule has 1 aliphatic heterocycles. The highest BCUT2D eigenvalue weighted by atomic mass is 16.5. The van der Waals surface area contributed by atoms with Gasteiger partial charge in [0.05, 0.1) is 25.1 Å². The zero-order chi connectivity index (χ0) is 14.5. The molecular weight excluding hydrogens is 266 g/mol. The third-order valence-electron chi connectivity index (χ3n) is 3.39. The van der Waals surface area contributed by atoms with Gasteiger partial charge in [-0.1, -0.05) is 30.3 Å². The first kappa shape index (κ1) is 13.8. The Hall–Kier alpha value is -2.14. The highest BCUT2D eigenvalue weighted by molar-refractivity contribution is 5.38. The number of rotatable bonds is 4. The van der Waals surface area contributed by atoms with Crippen LogP contribution in [0.4, 0.5) is 5.82 Å². The van der Waals surface area contributed by atoms with Crippen molar-refractivity contribution in [3.8, 4) is 5.88 Å². The van der Waals surface area contributed by atoms with Crippen LogP contribution in [0.1, 0.15) is 12.5 Å². The second-order valence-corrected chi connectivity index (χ2v) is 5.12. The molecule has 5 heteroatoms. The molecule has 1 aromatic carbocycles. The van der Waals surface area contributed by atoms with Gasteiger partial charge in [-0.25, -0.2) is 0 Å². The van der Waals surface area contributed by atoms with Crippen molar-refractivity contribution in [2.75, 3.05) is 24.6 Å². The van der Waals surface area contributed by atoms with E-state index < -0.39 is 0 Å². The Labute approximate surface area is 124 Å². The molecule has 0 saturated carbocycles. The van der Waals surface area contributed by atoms with Gasteiger partial charge in [0, 0.05) is 13.1 Å². The normalized spacial score (nSPS) is 18.5. The number of anilines is 1. The van der Waals surface area contributed by atoms with E-state index in [1.54, 1.807) is 12.4 Å². The van der Waals surface area contributed by atoms with Gasteiger partial charge in [-0.3, -0.25) is 4.98 Å². The van der Waals surface area contributed by atoms with Gasteiger partial charge in [0.25, 0.3) is 0 Å². The van der Waals surface area contributed by atoms with Crippen LogP contribution in [-0.2, 0) is 11.3 Å². The summed E-state index contributed by atoms with van der Waals surface area (Å²) < 4.78 is 11.3. The number of benzene rings is 1. The molecule has 5 nitrogen and oxygen atoms in total. The quantitative estimate of drug-likeness (QED) is 0.862. The molecule has 0 aliphatic carbocycles. The predicted molar refractivity (Wildman–Crippen MR) is 80.4 cm³/mol. The van der Waals surface area contributed by atoms with E-state index in [0.717, 1.165) is 31.1 Å². The standard InChI is InChI=1S/C16H19N3O2/c1-13-11-19(7-8-20-13)15-9-17-10-16(18-15)21-12-14-5-3-2-4-6-14/h2-6,9-10,13H,7-8,11-12H2,1H3/t13-/m1/s1. The molecule has 0 bridgehead atoms. The van der Waals surface area contributed by atoms with Crippen molar-refractivity contribution in [3.05, 3.63) is 48.3 Å². The number of aromatic nitrogens is 2. The van der Waals surface area contributed by atoms with E-state index in [0.29, 0.717) is 12.5 Å². The topological polar surface area (TPSA) is 47.5 Å². The van der Waals surface area contributed by atoms with E-state index in [1.807, 2.05) is 30.3 Å². The third-order valence-corrected chi connectivity index (χ3v) is 3.39. The van der Waals surface area contributed by atoms with Crippen LogP contribution in [0.2, 0.25) is 0 Å². The Morgan fingerprint density at radius 1 is 1.29 bits per heavy atom. The Morgan fingerprint density at radius 3 is 2.95 bits per heavy atom. The smallest absolute Gasteiger partial charge is 0.234 e. The van der Waals surface area contributed by atoms with Crippen molar-refractivity contribution in [2.45, 2.75) is 19.6 Å². The van der Waals surface area contributed by atoms with Crippen molar-refractivity contribution in [1.29, 1.82) is 0 Å². The molecular formula is C16H19N3O2. The molecule has 1 atom stereocenters. The van der Waals surface area contributed by atoms with Crippen molar-refractivity contribution in [3.63, 3.8) is 0 Å². The summed E-state index contributed by atoms with van der Waals surface area (Å²) in [6, 6.07) is 10.0. The average Bonchev–Trinajstić information content (AvgIpc) is 2.54. The molecule has 110 valence electrons. The van der Waals surface area contributed by atoms with Crippen molar-refractivity contribution >= 4 is 5.82 Å². The minimum Gasteiger partial charge on any atom is -0.472 e. The Morgan fingerprint density at radius 2 is 2.14 bits per heavy atom. The van der Waals surface area contributed by atoms with Gasteiger partial charge in [-0.2, -0.15) is 4.98 Å². The summed E-state index contributed by atoms with van der Waals surface area (Å²) in [6.45, 7) is 4.95. The van der Waals surface area contributed by atoms with E-state index in [4.69, 9.17) is 9.47 Å². The van der Waals surface area contributed by atoms with Gasteiger partial charge in [-0.05, 0) is 12.5 Å². The van der Waals surface area contributed by atoms with Crippen LogP contribution in [0.25, 0.3) is 0 Å². The van der Waals surface area contributed by atoms with Gasteiger partial charge in [-0.15, -0.1) is 0 Å². The lowest BCUT2D eigenvalue weighted by atomic mass is 10.2. The van der Waals surface area contributed by atoms with Crippen LogP contribution in [0.3, 0.4) is 0 Å². The lowest BCUT2D eigenvalue weighted by Crippen LogP contribution is -2.41. The highest BCUT2D eigenvalue weighted by Crippen LogP contribution is 2.17. The van der Waals surface area contributed by atoms with Gasteiger partial charge in [0.15, 0.2) is 5.82 Å². The van der Waals surface area contributed by atoms with E-state index >= 15 is 0 Å². The summed E-state index contributed by atoms with van der Waals surface area (Å²) in [5, 5.41) is 0. The zero-order valence-corrected chi connectivity index (χ0v) is 12.1. The summed E-state index contributed by atoms with van der Waals surface area (Å²) in [4.78, 5) is 10.9. The molecule has 2 heterocycles. The zero-order valence-electron chi connectivity index (χ0n) is 12.1.